The quantitative estimate of drug-likeness (QED) is 0.447. The van der Waals surface area contributed by atoms with Crippen LogP contribution in [0.4, 0.5) is 17.1 Å². The van der Waals surface area contributed by atoms with E-state index >= 15 is 0 Å². The van der Waals surface area contributed by atoms with Crippen LogP contribution in [-0.4, -0.2) is 35.0 Å². The van der Waals surface area contributed by atoms with Crippen molar-refractivity contribution in [3.8, 4) is 11.8 Å². The number of hydrogen-bond acceptors (Lipinski definition) is 8. The molecular weight excluding hydrogens is 404 g/mol. The molecular formula is C21H18N4O4S. The van der Waals surface area contributed by atoms with E-state index in [1.807, 2.05) is 48.6 Å². The SMILES string of the molecule is CN(C)c1ccc(N=Nc2csc3ccc(C(=O)On4c(O)ccc4O)cc23)cc1. The van der Waals surface area contributed by atoms with Crippen molar-refractivity contribution in [1.82, 2.24) is 4.73 Å². The number of carbonyl (C=O) groups is 1. The van der Waals surface area contributed by atoms with Gasteiger partial charge < -0.3 is 20.0 Å². The minimum Gasteiger partial charge on any atom is -0.492 e. The highest BCUT2D eigenvalue weighted by Gasteiger charge is 2.16. The van der Waals surface area contributed by atoms with Crippen molar-refractivity contribution in [3.05, 3.63) is 65.5 Å². The minimum atomic E-state index is -0.730. The van der Waals surface area contributed by atoms with Gasteiger partial charge in [0, 0.05) is 47.4 Å². The van der Waals surface area contributed by atoms with Gasteiger partial charge in [0.1, 0.15) is 5.69 Å². The number of rotatable bonds is 5. The Morgan fingerprint density at radius 2 is 1.70 bits per heavy atom. The Labute approximate surface area is 175 Å². The summed E-state index contributed by atoms with van der Waals surface area (Å²) >= 11 is 1.49. The third-order valence-corrected chi connectivity index (χ3v) is 5.35. The van der Waals surface area contributed by atoms with E-state index in [1.165, 1.54) is 23.5 Å². The lowest BCUT2D eigenvalue weighted by molar-refractivity contribution is 0.0382. The van der Waals surface area contributed by atoms with Crippen molar-refractivity contribution in [3.63, 3.8) is 0 Å². The van der Waals surface area contributed by atoms with Crippen molar-refractivity contribution < 1.29 is 19.8 Å². The smallest absolute Gasteiger partial charge is 0.363 e. The van der Waals surface area contributed by atoms with Crippen molar-refractivity contribution >= 4 is 44.5 Å². The summed E-state index contributed by atoms with van der Waals surface area (Å²) in [5.41, 5.74) is 2.67. The summed E-state index contributed by atoms with van der Waals surface area (Å²) in [7, 11) is 3.94. The summed E-state index contributed by atoms with van der Waals surface area (Å²) in [5, 5.41) is 30.5. The van der Waals surface area contributed by atoms with Gasteiger partial charge >= 0.3 is 5.97 Å². The van der Waals surface area contributed by atoms with E-state index in [4.69, 9.17) is 4.84 Å². The van der Waals surface area contributed by atoms with Crippen molar-refractivity contribution in [2.24, 2.45) is 10.2 Å². The maximum Gasteiger partial charge on any atom is 0.363 e. The van der Waals surface area contributed by atoms with Gasteiger partial charge in [0.15, 0.2) is 0 Å². The first-order valence-electron chi connectivity index (χ1n) is 8.95. The summed E-state index contributed by atoms with van der Waals surface area (Å²) < 4.78 is 1.59. The average molecular weight is 422 g/mol. The summed E-state index contributed by atoms with van der Waals surface area (Å²) in [4.78, 5) is 19.5. The molecule has 0 saturated carbocycles. The number of azo groups is 1. The Morgan fingerprint density at radius 3 is 2.37 bits per heavy atom. The first-order chi connectivity index (χ1) is 14.4. The summed E-state index contributed by atoms with van der Waals surface area (Å²) in [6, 6.07) is 15.2. The summed E-state index contributed by atoms with van der Waals surface area (Å²) in [6.07, 6.45) is 0. The Kier molecular flexibility index (Phi) is 5.11. The van der Waals surface area contributed by atoms with Crippen LogP contribution < -0.4 is 9.74 Å². The summed E-state index contributed by atoms with van der Waals surface area (Å²) in [6.45, 7) is 0. The van der Waals surface area contributed by atoms with Gasteiger partial charge in [-0.2, -0.15) is 5.11 Å². The number of fused-ring (bicyclic) bond motifs is 1. The molecule has 9 heteroatoms. The second kappa shape index (κ2) is 7.88. The number of benzene rings is 2. The molecule has 0 aliphatic carbocycles. The lowest BCUT2D eigenvalue weighted by Gasteiger charge is -2.11. The van der Waals surface area contributed by atoms with Crippen molar-refractivity contribution in [1.29, 1.82) is 0 Å². The molecule has 4 aromatic rings. The molecule has 0 radical (unpaired) electrons. The molecule has 0 bridgehead atoms. The predicted octanol–water partition coefficient (Wildman–Crippen LogP) is 4.86. The first kappa shape index (κ1) is 19.5. The molecule has 0 amide bonds. The lowest BCUT2D eigenvalue weighted by Crippen LogP contribution is -2.18. The van der Waals surface area contributed by atoms with E-state index in [2.05, 4.69) is 10.2 Å². The average Bonchev–Trinajstić information content (AvgIpc) is 3.29. The molecule has 2 N–H and O–H groups in total. The number of carbonyl (C=O) groups excluding carboxylic acids is 1. The Morgan fingerprint density at radius 1 is 1.00 bits per heavy atom. The molecule has 0 spiro atoms. The zero-order chi connectivity index (χ0) is 21.3. The van der Waals surface area contributed by atoms with Crippen LogP contribution in [-0.2, 0) is 0 Å². The fourth-order valence-electron chi connectivity index (χ4n) is 2.78. The van der Waals surface area contributed by atoms with Crippen LogP contribution in [0.2, 0.25) is 0 Å². The zero-order valence-corrected chi connectivity index (χ0v) is 17.0. The van der Waals surface area contributed by atoms with Crippen LogP contribution >= 0.6 is 11.3 Å². The normalized spacial score (nSPS) is 11.3. The molecule has 2 aromatic carbocycles. The van der Waals surface area contributed by atoms with E-state index in [-0.39, 0.29) is 17.3 Å². The van der Waals surface area contributed by atoms with Crippen LogP contribution in [0.3, 0.4) is 0 Å². The monoisotopic (exact) mass is 422 g/mol. The van der Waals surface area contributed by atoms with Crippen LogP contribution in [0, 0.1) is 0 Å². The highest BCUT2D eigenvalue weighted by Crippen LogP contribution is 2.34. The molecule has 0 saturated heterocycles. The number of aromatic nitrogens is 1. The fraction of sp³-hybridized carbons (Fsp3) is 0.0952. The Bertz CT molecular complexity index is 1220. The molecule has 0 fully saturated rings. The second-order valence-corrected chi connectivity index (χ2v) is 7.58. The number of nitrogens with zero attached hydrogens (tertiary/aromatic N) is 4. The van der Waals surface area contributed by atoms with Crippen LogP contribution in [0.15, 0.2) is 70.2 Å². The number of aromatic hydroxyl groups is 2. The lowest BCUT2D eigenvalue weighted by atomic mass is 10.1. The zero-order valence-electron chi connectivity index (χ0n) is 16.2. The first-order valence-corrected chi connectivity index (χ1v) is 9.83. The summed E-state index contributed by atoms with van der Waals surface area (Å²) in [5.74, 6) is -1.49. The molecule has 0 unspecified atom stereocenters. The molecule has 0 aliphatic heterocycles. The molecule has 2 heterocycles. The molecule has 4 rings (SSSR count). The van der Waals surface area contributed by atoms with E-state index < -0.39 is 5.97 Å². The van der Waals surface area contributed by atoms with Crippen LogP contribution in [0.25, 0.3) is 10.1 Å². The van der Waals surface area contributed by atoms with E-state index in [1.54, 1.807) is 18.2 Å². The molecule has 2 aromatic heterocycles. The molecule has 30 heavy (non-hydrogen) atoms. The van der Waals surface area contributed by atoms with E-state index in [0.717, 1.165) is 15.8 Å². The molecule has 0 atom stereocenters. The maximum atomic E-state index is 12.4. The van der Waals surface area contributed by atoms with Crippen molar-refractivity contribution in [2.75, 3.05) is 19.0 Å². The van der Waals surface area contributed by atoms with Gasteiger partial charge in [0.25, 0.3) is 0 Å². The van der Waals surface area contributed by atoms with E-state index in [9.17, 15) is 15.0 Å². The van der Waals surface area contributed by atoms with Gasteiger partial charge in [-0.15, -0.1) is 21.2 Å². The highest BCUT2D eigenvalue weighted by molar-refractivity contribution is 7.17. The van der Waals surface area contributed by atoms with Gasteiger partial charge in [-0.05, 0) is 42.5 Å². The Balaban J connectivity index is 1.59. The number of thiophene rings is 1. The predicted molar refractivity (Wildman–Crippen MR) is 115 cm³/mol. The van der Waals surface area contributed by atoms with Gasteiger partial charge in [0.05, 0.1) is 11.3 Å². The van der Waals surface area contributed by atoms with E-state index in [0.29, 0.717) is 16.1 Å². The largest absolute Gasteiger partial charge is 0.492 e. The van der Waals surface area contributed by atoms with Crippen molar-refractivity contribution in [2.45, 2.75) is 0 Å². The maximum absolute atomic E-state index is 12.4. The Hall–Kier alpha value is -3.85. The van der Waals surface area contributed by atoms with Crippen LogP contribution in [0.1, 0.15) is 10.4 Å². The van der Waals surface area contributed by atoms with Gasteiger partial charge in [-0.3, -0.25) is 0 Å². The van der Waals surface area contributed by atoms with Gasteiger partial charge in [-0.25, -0.2) is 4.79 Å². The molecule has 0 aliphatic rings. The molecule has 152 valence electrons. The van der Waals surface area contributed by atoms with Gasteiger partial charge in [0.2, 0.25) is 11.8 Å². The number of anilines is 1. The highest BCUT2D eigenvalue weighted by atomic mass is 32.1. The third kappa shape index (κ3) is 3.83. The number of hydrogen-bond donors (Lipinski definition) is 2. The topological polar surface area (TPSA) is 99.7 Å². The third-order valence-electron chi connectivity index (χ3n) is 4.40. The fourth-order valence-corrected chi connectivity index (χ4v) is 3.63. The standard InChI is InChI=1S/C21H18N4O4S/c1-24(2)15-6-4-14(5-7-15)22-23-17-12-30-18-8-3-13(11-16(17)18)21(28)29-25-19(26)9-10-20(25)27/h3-12,26-27H,1-2H3. The molecule has 8 nitrogen and oxygen atoms in total. The minimum absolute atomic E-state index is 0.250. The van der Waals surface area contributed by atoms with Gasteiger partial charge in [-0.1, -0.05) is 0 Å². The van der Waals surface area contributed by atoms with Crippen LogP contribution in [0.5, 0.6) is 11.8 Å². The second-order valence-electron chi connectivity index (χ2n) is 6.67.